The van der Waals surface area contributed by atoms with Gasteiger partial charge in [-0.2, -0.15) is 0 Å². The van der Waals surface area contributed by atoms with E-state index in [4.69, 9.17) is 11.6 Å². The van der Waals surface area contributed by atoms with Crippen molar-refractivity contribution in [2.75, 3.05) is 19.6 Å². The van der Waals surface area contributed by atoms with Gasteiger partial charge >= 0.3 is 0 Å². The number of rotatable bonds is 2. The number of hydrogen-bond acceptors (Lipinski definition) is 2. The summed E-state index contributed by atoms with van der Waals surface area (Å²) in [6.45, 7) is 3.68. The third kappa shape index (κ3) is 2.94. The maximum Gasteiger partial charge on any atom is 0.255 e. The van der Waals surface area contributed by atoms with Crippen molar-refractivity contribution in [1.82, 2.24) is 9.80 Å². The summed E-state index contributed by atoms with van der Waals surface area (Å²) < 4.78 is 0. The Kier molecular flexibility index (Phi) is 4.30. The van der Waals surface area contributed by atoms with Crippen LogP contribution >= 0.6 is 11.6 Å². The Balaban J connectivity index is 1.44. The van der Waals surface area contributed by atoms with Crippen molar-refractivity contribution in [3.05, 3.63) is 70.2 Å². The van der Waals surface area contributed by atoms with Gasteiger partial charge in [-0.15, -0.1) is 0 Å². The van der Waals surface area contributed by atoms with Crippen LogP contribution in [-0.2, 0) is 13.0 Å². The summed E-state index contributed by atoms with van der Waals surface area (Å²) >= 11 is 6.18. The maximum atomic E-state index is 12.7. The molecule has 0 unspecified atom stereocenters. The second-order valence-corrected chi connectivity index (χ2v) is 7.07. The number of nitrogens with zero attached hydrogens (tertiary/aromatic N) is 2. The Morgan fingerprint density at radius 1 is 1.00 bits per heavy atom. The molecule has 2 aliphatic rings. The topological polar surface area (TPSA) is 23.6 Å². The number of halogens is 1. The van der Waals surface area contributed by atoms with E-state index in [1.807, 2.05) is 23.1 Å². The first-order valence-electron chi connectivity index (χ1n) is 8.57. The molecular formula is C20H21ClN2O. The van der Waals surface area contributed by atoms with Gasteiger partial charge in [0, 0.05) is 32.2 Å². The van der Waals surface area contributed by atoms with E-state index in [-0.39, 0.29) is 5.91 Å². The van der Waals surface area contributed by atoms with Gasteiger partial charge in [-0.1, -0.05) is 48.0 Å². The van der Waals surface area contributed by atoms with Gasteiger partial charge in [0.05, 0.1) is 10.6 Å². The van der Waals surface area contributed by atoms with E-state index in [2.05, 4.69) is 29.2 Å². The summed E-state index contributed by atoms with van der Waals surface area (Å²) in [5.74, 6) is 0.0560. The molecule has 0 aliphatic carbocycles. The molecule has 24 heavy (non-hydrogen) atoms. The Morgan fingerprint density at radius 2 is 1.75 bits per heavy atom. The van der Waals surface area contributed by atoms with Crippen LogP contribution in [0.2, 0.25) is 5.02 Å². The van der Waals surface area contributed by atoms with Gasteiger partial charge in [-0.05, 0) is 36.1 Å². The normalized spacial score (nSPS) is 20.9. The van der Waals surface area contributed by atoms with Crippen LogP contribution in [-0.4, -0.2) is 41.4 Å². The molecule has 0 radical (unpaired) electrons. The van der Waals surface area contributed by atoms with Gasteiger partial charge in [-0.25, -0.2) is 0 Å². The number of carbonyl (C=O) groups excluding carboxylic acids is 1. The van der Waals surface area contributed by atoms with Crippen LogP contribution < -0.4 is 0 Å². The van der Waals surface area contributed by atoms with Crippen molar-refractivity contribution >= 4 is 17.5 Å². The summed E-state index contributed by atoms with van der Waals surface area (Å²) in [6.07, 6.45) is 2.14. The molecule has 2 aromatic carbocycles. The second kappa shape index (κ2) is 6.58. The van der Waals surface area contributed by atoms with Gasteiger partial charge in [0.1, 0.15) is 0 Å². The van der Waals surface area contributed by atoms with Crippen LogP contribution in [0.4, 0.5) is 0 Å². The molecule has 1 amide bonds. The average Bonchev–Trinajstić information content (AvgIpc) is 3.11. The SMILES string of the molecule is O=C(c1ccccc1Cl)N1CC[C@@H](N2CCc3ccccc3C2)C1. The molecule has 1 fully saturated rings. The van der Waals surface area contributed by atoms with Crippen molar-refractivity contribution in [3.8, 4) is 0 Å². The first kappa shape index (κ1) is 15.7. The molecule has 4 heteroatoms. The van der Waals surface area contributed by atoms with E-state index < -0.39 is 0 Å². The molecule has 0 saturated carbocycles. The number of benzene rings is 2. The zero-order valence-corrected chi connectivity index (χ0v) is 14.4. The molecular weight excluding hydrogens is 320 g/mol. The largest absolute Gasteiger partial charge is 0.337 e. The van der Waals surface area contributed by atoms with Gasteiger partial charge in [-0.3, -0.25) is 9.69 Å². The number of hydrogen-bond donors (Lipinski definition) is 0. The third-order valence-electron chi connectivity index (χ3n) is 5.23. The van der Waals surface area contributed by atoms with Crippen molar-refractivity contribution < 1.29 is 4.79 Å². The van der Waals surface area contributed by atoms with E-state index in [1.165, 1.54) is 11.1 Å². The number of likely N-dealkylation sites (tertiary alicyclic amines) is 1. The van der Waals surface area contributed by atoms with Crippen LogP contribution in [0.5, 0.6) is 0 Å². The standard InChI is InChI=1S/C20H21ClN2O/c21-19-8-4-3-7-18(19)20(24)23-12-10-17(14-23)22-11-9-15-5-1-2-6-16(15)13-22/h1-8,17H,9-14H2/t17-/m1/s1. The lowest BCUT2D eigenvalue weighted by atomic mass is 9.98. The predicted octanol–water partition coefficient (Wildman–Crippen LogP) is 3.61. The average molecular weight is 341 g/mol. The highest BCUT2D eigenvalue weighted by Gasteiger charge is 2.32. The van der Waals surface area contributed by atoms with E-state index in [1.54, 1.807) is 6.07 Å². The van der Waals surface area contributed by atoms with Crippen molar-refractivity contribution in [3.63, 3.8) is 0 Å². The lowest BCUT2D eigenvalue weighted by molar-refractivity contribution is 0.0773. The Bertz CT molecular complexity index is 761. The molecule has 2 aliphatic heterocycles. The Hall–Kier alpha value is -1.84. The molecule has 0 aromatic heterocycles. The van der Waals surface area contributed by atoms with Crippen LogP contribution in [0.25, 0.3) is 0 Å². The molecule has 2 aromatic rings. The molecule has 0 bridgehead atoms. The lowest BCUT2D eigenvalue weighted by Crippen LogP contribution is -2.41. The molecule has 0 spiro atoms. The minimum Gasteiger partial charge on any atom is -0.337 e. The fourth-order valence-corrected chi connectivity index (χ4v) is 4.08. The molecule has 4 rings (SSSR count). The van der Waals surface area contributed by atoms with E-state index >= 15 is 0 Å². The van der Waals surface area contributed by atoms with Crippen LogP contribution in [0.3, 0.4) is 0 Å². The second-order valence-electron chi connectivity index (χ2n) is 6.66. The molecule has 1 saturated heterocycles. The highest BCUT2D eigenvalue weighted by atomic mass is 35.5. The van der Waals surface area contributed by atoms with Crippen LogP contribution in [0, 0.1) is 0 Å². The Labute approximate surface area is 147 Å². The first-order chi connectivity index (χ1) is 11.7. The molecule has 3 nitrogen and oxygen atoms in total. The first-order valence-corrected chi connectivity index (χ1v) is 8.95. The molecule has 124 valence electrons. The molecule has 1 atom stereocenters. The number of amides is 1. The van der Waals surface area contributed by atoms with E-state index in [9.17, 15) is 4.79 Å². The zero-order valence-electron chi connectivity index (χ0n) is 13.6. The van der Waals surface area contributed by atoms with Crippen molar-refractivity contribution in [2.45, 2.75) is 25.4 Å². The minimum atomic E-state index is 0.0560. The van der Waals surface area contributed by atoms with Crippen LogP contribution in [0.1, 0.15) is 27.9 Å². The summed E-state index contributed by atoms with van der Waals surface area (Å²) in [5, 5.41) is 0.540. The fraction of sp³-hybridized carbons (Fsp3) is 0.350. The van der Waals surface area contributed by atoms with E-state index in [0.717, 1.165) is 39.0 Å². The van der Waals surface area contributed by atoms with Crippen LogP contribution in [0.15, 0.2) is 48.5 Å². The maximum absolute atomic E-state index is 12.7. The quantitative estimate of drug-likeness (QED) is 0.833. The molecule has 0 N–H and O–H groups in total. The lowest BCUT2D eigenvalue weighted by Gasteiger charge is -2.33. The fourth-order valence-electron chi connectivity index (χ4n) is 3.86. The smallest absolute Gasteiger partial charge is 0.255 e. The monoisotopic (exact) mass is 340 g/mol. The summed E-state index contributed by atoms with van der Waals surface area (Å²) in [5.41, 5.74) is 3.51. The highest BCUT2D eigenvalue weighted by molar-refractivity contribution is 6.33. The molecule has 2 heterocycles. The number of carbonyl (C=O) groups is 1. The number of fused-ring (bicyclic) bond motifs is 1. The van der Waals surface area contributed by atoms with E-state index in [0.29, 0.717) is 16.6 Å². The predicted molar refractivity (Wildman–Crippen MR) is 96.3 cm³/mol. The van der Waals surface area contributed by atoms with Gasteiger partial charge < -0.3 is 4.90 Å². The van der Waals surface area contributed by atoms with Gasteiger partial charge in [0.25, 0.3) is 5.91 Å². The summed E-state index contributed by atoms with van der Waals surface area (Å²) in [4.78, 5) is 17.2. The zero-order chi connectivity index (χ0) is 16.5. The van der Waals surface area contributed by atoms with Gasteiger partial charge in [0.15, 0.2) is 0 Å². The van der Waals surface area contributed by atoms with Crippen molar-refractivity contribution in [2.24, 2.45) is 0 Å². The Morgan fingerprint density at radius 3 is 2.58 bits per heavy atom. The van der Waals surface area contributed by atoms with Gasteiger partial charge in [0.2, 0.25) is 0 Å². The van der Waals surface area contributed by atoms with Crippen molar-refractivity contribution in [1.29, 1.82) is 0 Å². The summed E-state index contributed by atoms with van der Waals surface area (Å²) in [6, 6.07) is 16.5. The summed E-state index contributed by atoms with van der Waals surface area (Å²) in [7, 11) is 0. The highest BCUT2D eigenvalue weighted by Crippen LogP contribution is 2.26. The minimum absolute atomic E-state index is 0.0560. The third-order valence-corrected chi connectivity index (χ3v) is 5.56.